The minimum atomic E-state index is 0.0346. The van der Waals surface area contributed by atoms with Crippen molar-refractivity contribution < 1.29 is 9.53 Å². The molecular weight excluding hydrogens is 312 g/mol. The van der Waals surface area contributed by atoms with Crippen LogP contribution in [0.2, 0.25) is 0 Å². The van der Waals surface area contributed by atoms with Crippen LogP contribution in [0.15, 0.2) is 54.6 Å². The lowest BCUT2D eigenvalue weighted by atomic mass is 10.2. The third-order valence-corrected chi connectivity index (χ3v) is 4.73. The molecule has 0 aliphatic heterocycles. The van der Waals surface area contributed by atoms with Crippen molar-refractivity contribution in [2.24, 2.45) is 0 Å². The monoisotopic (exact) mass is 338 g/mol. The van der Waals surface area contributed by atoms with Crippen LogP contribution in [0.1, 0.15) is 31.2 Å². The van der Waals surface area contributed by atoms with Gasteiger partial charge in [0.15, 0.2) is 0 Å². The number of nitrogens with zero attached hydrogens (tertiary/aromatic N) is 1. The summed E-state index contributed by atoms with van der Waals surface area (Å²) in [6.45, 7) is 0.982. The molecule has 2 aromatic rings. The van der Waals surface area contributed by atoms with Gasteiger partial charge in [-0.1, -0.05) is 43.2 Å². The molecule has 1 aliphatic rings. The predicted molar refractivity (Wildman–Crippen MR) is 101 cm³/mol. The highest BCUT2D eigenvalue weighted by molar-refractivity contribution is 5.92. The number of carbonyl (C=O) groups excluding carboxylic acids is 1. The lowest BCUT2D eigenvalue weighted by Crippen LogP contribution is -2.36. The molecule has 0 spiro atoms. The Balaban J connectivity index is 1.46. The molecule has 0 heterocycles. The highest BCUT2D eigenvalue weighted by atomic mass is 16.5. The van der Waals surface area contributed by atoms with Crippen molar-refractivity contribution >= 4 is 11.6 Å². The molecule has 0 radical (unpaired) electrons. The first-order chi connectivity index (χ1) is 12.2. The molecule has 1 amide bonds. The van der Waals surface area contributed by atoms with Crippen molar-refractivity contribution in [2.75, 3.05) is 18.9 Å². The summed E-state index contributed by atoms with van der Waals surface area (Å²) in [6, 6.07) is 18.2. The van der Waals surface area contributed by atoms with Crippen molar-refractivity contribution in [1.82, 2.24) is 4.90 Å². The first kappa shape index (κ1) is 17.5. The van der Waals surface area contributed by atoms with Gasteiger partial charge in [-0.25, -0.2) is 0 Å². The second kappa shape index (κ2) is 8.67. The molecule has 1 N–H and O–H groups in total. The third kappa shape index (κ3) is 5.33. The Morgan fingerprint density at radius 3 is 2.44 bits per heavy atom. The van der Waals surface area contributed by atoms with Gasteiger partial charge in [0, 0.05) is 11.7 Å². The maximum atomic E-state index is 12.2. The molecule has 1 aliphatic carbocycles. The maximum Gasteiger partial charge on any atom is 0.238 e. The molecule has 132 valence electrons. The number of nitrogens with one attached hydrogen (secondary N) is 1. The summed E-state index contributed by atoms with van der Waals surface area (Å²) in [5, 5.41) is 2.96. The smallest absolute Gasteiger partial charge is 0.238 e. The third-order valence-electron chi connectivity index (χ3n) is 4.73. The zero-order valence-corrected chi connectivity index (χ0v) is 14.8. The van der Waals surface area contributed by atoms with Crippen molar-refractivity contribution in [1.29, 1.82) is 0 Å². The van der Waals surface area contributed by atoms with Gasteiger partial charge in [0.1, 0.15) is 12.4 Å². The number of rotatable bonds is 7. The average Bonchev–Trinajstić information content (AvgIpc) is 3.17. The molecule has 0 aromatic heterocycles. The van der Waals surface area contributed by atoms with Crippen molar-refractivity contribution in [3.63, 3.8) is 0 Å². The van der Waals surface area contributed by atoms with E-state index in [1.807, 2.05) is 61.6 Å². The summed E-state index contributed by atoms with van der Waals surface area (Å²) in [4.78, 5) is 14.4. The Kier molecular flexibility index (Phi) is 6.07. The summed E-state index contributed by atoms with van der Waals surface area (Å²) in [5.74, 6) is 0.831. The van der Waals surface area contributed by atoms with E-state index >= 15 is 0 Å². The molecule has 1 fully saturated rings. The zero-order valence-electron chi connectivity index (χ0n) is 14.8. The van der Waals surface area contributed by atoms with E-state index < -0.39 is 0 Å². The van der Waals surface area contributed by atoms with Gasteiger partial charge in [0.25, 0.3) is 0 Å². The number of amides is 1. The van der Waals surface area contributed by atoms with Crippen LogP contribution in [0.4, 0.5) is 5.69 Å². The SMILES string of the molecule is CN(CC(=O)Nc1ccc(OCc2ccccc2)cc1)C1CCCC1. The number of carbonyl (C=O) groups is 1. The lowest BCUT2D eigenvalue weighted by molar-refractivity contribution is -0.117. The topological polar surface area (TPSA) is 41.6 Å². The second-order valence-corrected chi connectivity index (χ2v) is 6.70. The van der Waals surface area contributed by atoms with E-state index in [-0.39, 0.29) is 5.91 Å². The molecule has 4 nitrogen and oxygen atoms in total. The van der Waals surface area contributed by atoms with E-state index in [1.54, 1.807) is 0 Å². The van der Waals surface area contributed by atoms with Crippen molar-refractivity contribution in [2.45, 2.75) is 38.3 Å². The summed E-state index contributed by atoms with van der Waals surface area (Å²) in [7, 11) is 2.04. The Hall–Kier alpha value is -2.33. The Morgan fingerprint density at radius 1 is 1.08 bits per heavy atom. The Labute approximate surface area is 149 Å². The summed E-state index contributed by atoms with van der Waals surface area (Å²) in [6.07, 6.45) is 4.97. The van der Waals surface area contributed by atoms with E-state index in [2.05, 4.69) is 10.2 Å². The van der Waals surface area contributed by atoms with Gasteiger partial charge in [-0.15, -0.1) is 0 Å². The molecule has 4 heteroatoms. The minimum Gasteiger partial charge on any atom is -0.489 e. The number of benzene rings is 2. The number of ether oxygens (including phenoxy) is 1. The molecular formula is C21H26N2O2. The minimum absolute atomic E-state index is 0.0346. The van der Waals surface area contributed by atoms with Gasteiger partial charge in [-0.05, 0) is 49.7 Å². The van der Waals surface area contributed by atoms with Crippen LogP contribution in [0.3, 0.4) is 0 Å². The van der Waals surface area contributed by atoms with E-state index in [0.717, 1.165) is 17.0 Å². The van der Waals surface area contributed by atoms with Crippen LogP contribution in [0.25, 0.3) is 0 Å². The molecule has 0 atom stereocenters. The fourth-order valence-corrected chi connectivity index (χ4v) is 3.28. The molecule has 0 saturated heterocycles. The Bertz CT molecular complexity index is 664. The van der Waals surface area contributed by atoms with Crippen molar-refractivity contribution in [3.8, 4) is 5.75 Å². The van der Waals surface area contributed by atoms with Crippen LogP contribution >= 0.6 is 0 Å². The fourth-order valence-electron chi connectivity index (χ4n) is 3.28. The number of hydrogen-bond acceptors (Lipinski definition) is 3. The quantitative estimate of drug-likeness (QED) is 0.827. The van der Waals surface area contributed by atoms with Crippen LogP contribution in [0, 0.1) is 0 Å². The van der Waals surface area contributed by atoms with E-state index in [9.17, 15) is 4.79 Å². The van der Waals surface area contributed by atoms with Gasteiger partial charge in [-0.2, -0.15) is 0 Å². The molecule has 0 unspecified atom stereocenters. The van der Waals surface area contributed by atoms with Gasteiger partial charge in [0.05, 0.1) is 6.54 Å². The molecule has 1 saturated carbocycles. The highest BCUT2D eigenvalue weighted by Gasteiger charge is 2.21. The van der Waals surface area contributed by atoms with Gasteiger partial charge in [0.2, 0.25) is 5.91 Å². The van der Waals surface area contributed by atoms with E-state index in [1.165, 1.54) is 25.7 Å². The van der Waals surface area contributed by atoms with Gasteiger partial charge >= 0.3 is 0 Å². The predicted octanol–water partition coefficient (Wildman–Crippen LogP) is 4.08. The first-order valence-electron chi connectivity index (χ1n) is 8.97. The molecule has 3 rings (SSSR count). The van der Waals surface area contributed by atoms with Crippen LogP contribution < -0.4 is 10.1 Å². The van der Waals surface area contributed by atoms with Gasteiger partial charge < -0.3 is 10.1 Å². The normalized spacial score (nSPS) is 14.6. The summed E-state index contributed by atoms with van der Waals surface area (Å²) >= 11 is 0. The Morgan fingerprint density at radius 2 is 1.76 bits per heavy atom. The van der Waals surface area contributed by atoms with Crippen LogP contribution in [-0.4, -0.2) is 30.4 Å². The highest BCUT2D eigenvalue weighted by Crippen LogP contribution is 2.22. The van der Waals surface area contributed by atoms with Crippen molar-refractivity contribution in [3.05, 3.63) is 60.2 Å². The van der Waals surface area contributed by atoms with Gasteiger partial charge in [-0.3, -0.25) is 9.69 Å². The van der Waals surface area contributed by atoms with Crippen LogP contribution in [0.5, 0.6) is 5.75 Å². The fraction of sp³-hybridized carbons (Fsp3) is 0.381. The number of anilines is 1. The van der Waals surface area contributed by atoms with E-state index in [0.29, 0.717) is 19.2 Å². The number of likely N-dealkylation sites (N-methyl/N-ethyl adjacent to an activating group) is 1. The van der Waals surface area contributed by atoms with E-state index in [4.69, 9.17) is 4.74 Å². The standard InChI is InChI=1S/C21H26N2O2/c1-23(19-9-5-6-10-19)15-21(24)22-18-11-13-20(14-12-18)25-16-17-7-3-2-4-8-17/h2-4,7-8,11-14,19H,5-6,9-10,15-16H2,1H3,(H,22,24). The maximum absolute atomic E-state index is 12.2. The second-order valence-electron chi connectivity index (χ2n) is 6.70. The largest absolute Gasteiger partial charge is 0.489 e. The average molecular weight is 338 g/mol. The molecule has 25 heavy (non-hydrogen) atoms. The van der Waals surface area contributed by atoms with Crippen LogP contribution in [-0.2, 0) is 11.4 Å². The molecule has 0 bridgehead atoms. The zero-order chi connectivity index (χ0) is 17.5. The summed E-state index contributed by atoms with van der Waals surface area (Å²) < 4.78 is 5.76. The molecule has 2 aromatic carbocycles. The lowest BCUT2D eigenvalue weighted by Gasteiger charge is -2.23. The first-order valence-corrected chi connectivity index (χ1v) is 8.97. The number of hydrogen-bond donors (Lipinski definition) is 1. The summed E-state index contributed by atoms with van der Waals surface area (Å²) in [5.41, 5.74) is 1.94.